The summed E-state index contributed by atoms with van der Waals surface area (Å²) < 4.78 is 10.9. The highest BCUT2D eigenvalue weighted by atomic mass is 16.5. The van der Waals surface area contributed by atoms with Crippen molar-refractivity contribution in [2.24, 2.45) is 0 Å². The van der Waals surface area contributed by atoms with Gasteiger partial charge in [-0.25, -0.2) is 4.79 Å². The van der Waals surface area contributed by atoms with Gasteiger partial charge in [-0.3, -0.25) is 0 Å². The minimum Gasteiger partial charge on any atom is -0.378 e. The molecule has 6 nitrogen and oxygen atoms in total. The normalized spacial score (nSPS) is 20.9. The van der Waals surface area contributed by atoms with Crippen LogP contribution in [-0.2, 0) is 16.0 Å². The molecule has 3 rings (SSSR count). The Balaban J connectivity index is 1.46. The van der Waals surface area contributed by atoms with Crippen molar-refractivity contribution < 1.29 is 14.3 Å². The first-order valence-electron chi connectivity index (χ1n) is 8.74. The molecule has 2 amide bonds. The molecule has 2 heterocycles. The van der Waals surface area contributed by atoms with Crippen LogP contribution in [0.15, 0.2) is 24.3 Å². The number of morpholine rings is 1. The van der Waals surface area contributed by atoms with E-state index in [9.17, 15) is 4.79 Å². The number of nitrogens with zero attached hydrogens (tertiary/aromatic N) is 2. The fourth-order valence-corrected chi connectivity index (χ4v) is 3.12. The molecule has 1 aromatic carbocycles. The Labute approximate surface area is 143 Å². The van der Waals surface area contributed by atoms with Gasteiger partial charge in [0.05, 0.1) is 19.3 Å². The number of rotatable bonds is 5. The van der Waals surface area contributed by atoms with Crippen molar-refractivity contribution in [3.8, 4) is 0 Å². The largest absolute Gasteiger partial charge is 0.378 e. The smallest absolute Gasteiger partial charge is 0.317 e. The summed E-state index contributed by atoms with van der Waals surface area (Å²) >= 11 is 0. The van der Waals surface area contributed by atoms with Crippen LogP contribution in [0.3, 0.4) is 0 Å². The first kappa shape index (κ1) is 17.0. The average Bonchev–Trinajstić information content (AvgIpc) is 3.14. The molecule has 0 saturated carbocycles. The van der Waals surface area contributed by atoms with E-state index in [-0.39, 0.29) is 12.1 Å². The van der Waals surface area contributed by atoms with E-state index in [4.69, 9.17) is 9.47 Å². The van der Waals surface area contributed by atoms with Crippen molar-refractivity contribution in [1.29, 1.82) is 0 Å². The van der Waals surface area contributed by atoms with Crippen LogP contribution in [0, 0.1) is 0 Å². The molecule has 0 aromatic heterocycles. The average molecular weight is 333 g/mol. The van der Waals surface area contributed by atoms with Gasteiger partial charge < -0.3 is 24.6 Å². The summed E-state index contributed by atoms with van der Waals surface area (Å²) in [5.41, 5.74) is 2.34. The van der Waals surface area contributed by atoms with Crippen LogP contribution in [0.4, 0.5) is 10.5 Å². The van der Waals surface area contributed by atoms with E-state index >= 15 is 0 Å². The van der Waals surface area contributed by atoms with Gasteiger partial charge in [-0.2, -0.15) is 0 Å². The Bertz CT molecular complexity index is 523. The molecule has 132 valence electrons. The Kier molecular flexibility index (Phi) is 5.93. The monoisotopic (exact) mass is 333 g/mol. The topological polar surface area (TPSA) is 54.0 Å². The summed E-state index contributed by atoms with van der Waals surface area (Å²) in [4.78, 5) is 16.2. The molecule has 1 N–H and O–H groups in total. The summed E-state index contributed by atoms with van der Waals surface area (Å²) in [6.07, 6.45) is 2.30. The van der Waals surface area contributed by atoms with Crippen LogP contribution >= 0.6 is 0 Å². The first-order valence-corrected chi connectivity index (χ1v) is 8.74. The molecule has 2 saturated heterocycles. The molecule has 2 aliphatic rings. The predicted molar refractivity (Wildman–Crippen MR) is 93.3 cm³/mol. The molecular weight excluding hydrogens is 306 g/mol. The number of amides is 2. The zero-order valence-electron chi connectivity index (χ0n) is 14.4. The highest BCUT2D eigenvalue weighted by Gasteiger charge is 2.17. The summed E-state index contributed by atoms with van der Waals surface area (Å²) in [7, 11) is 1.82. The van der Waals surface area contributed by atoms with Crippen molar-refractivity contribution >= 4 is 11.7 Å². The molecule has 2 aliphatic heterocycles. The number of ether oxygens (including phenoxy) is 2. The van der Waals surface area contributed by atoms with Crippen LogP contribution in [0.25, 0.3) is 0 Å². The highest BCUT2D eigenvalue weighted by molar-refractivity contribution is 5.73. The van der Waals surface area contributed by atoms with Crippen LogP contribution in [-0.4, -0.2) is 63.5 Å². The van der Waals surface area contributed by atoms with Crippen LogP contribution in [0.2, 0.25) is 0 Å². The van der Waals surface area contributed by atoms with Crippen molar-refractivity contribution in [2.45, 2.75) is 25.5 Å². The molecule has 0 radical (unpaired) electrons. The second-order valence-electron chi connectivity index (χ2n) is 6.44. The number of hydrogen-bond acceptors (Lipinski definition) is 4. The number of carbonyl (C=O) groups is 1. The zero-order chi connectivity index (χ0) is 16.8. The number of urea groups is 1. The minimum atomic E-state index is -0.0530. The van der Waals surface area contributed by atoms with E-state index in [0.29, 0.717) is 13.1 Å². The number of carbonyl (C=O) groups excluding carboxylic acids is 1. The van der Waals surface area contributed by atoms with Gasteiger partial charge in [-0.15, -0.1) is 0 Å². The van der Waals surface area contributed by atoms with Crippen molar-refractivity contribution in [2.75, 3.05) is 51.4 Å². The molecular formula is C18H27N3O3. The maximum atomic E-state index is 12.2. The molecule has 0 spiro atoms. The highest BCUT2D eigenvalue weighted by Crippen LogP contribution is 2.17. The van der Waals surface area contributed by atoms with Gasteiger partial charge in [0.15, 0.2) is 0 Å². The van der Waals surface area contributed by atoms with E-state index in [1.54, 1.807) is 4.90 Å². The lowest BCUT2D eigenvalue weighted by molar-refractivity contribution is 0.109. The third-order valence-electron chi connectivity index (χ3n) is 4.58. The SMILES string of the molecule is CN(Cc1ccc(N2CCOCC2)cc1)C(=O)NCC1CCCO1. The van der Waals surface area contributed by atoms with Gasteiger partial charge in [0.25, 0.3) is 0 Å². The molecule has 1 atom stereocenters. The van der Waals surface area contributed by atoms with Crippen molar-refractivity contribution in [1.82, 2.24) is 10.2 Å². The van der Waals surface area contributed by atoms with Gasteiger partial charge >= 0.3 is 6.03 Å². The third-order valence-corrected chi connectivity index (χ3v) is 4.58. The van der Waals surface area contributed by atoms with Crippen LogP contribution < -0.4 is 10.2 Å². The minimum absolute atomic E-state index is 0.0530. The van der Waals surface area contributed by atoms with Gasteiger partial charge in [-0.1, -0.05) is 12.1 Å². The third kappa shape index (κ3) is 4.61. The predicted octanol–water partition coefficient (Wildman–Crippen LogP) is 1.84. The first-order chi connectivity index (χ1) is 11.7. The van der Waals surface area contributed by atoms with Gasteiger partial charge in [0, 0.05) is 45.5 Å². The fraction of sp³-hybridized carbons (Fsp3) is 0.611. The molecule has 1 aromatic rings. The zero-order valence-corrected chi connectivity index (χ0v) is 14.4. The van der Waals surface area contributed by atoms with E-state index in [0.717, 1.165) is 51.3 Å². The molecule has 0 bridgehead atoms. The number of nitrogens with one attached hydrogen (secondary N) is 1. The molecule has 0 aliphatic carbocycles. The maximum Gasteiger partial charge on any atom is 0.317 e. The van der Waals surface area contributed by atoms with E-state index in [2.05, 4.69) is 34.5 Å². The lowest BCUT2D eigenvalue weighted by Crippen LogP contribution is -2.40. The lowest BCUT2D eigenvalue weighted by Gasteiger charge is -2.29. The standard InChI is InChI=1S/C18H27N3O3/c1-20(18(22)19-13-17-3-2-10-24-17)14-15-4-6-16(7-5-15)21-8-11-23-12-9-21/h4-7,17H,2-3,8-14H2,1H3,(H,19,22). The summed E-state index contributed by atoms with van der Waals surface area (Å²) in [6.45, 7) is 5.45. The second-order valence-corrected chi connectivity index (χ2v) is 6.44. The van der Waals surface area contributed by atoms with E-state index < -0.39 is 0 Å². The molecule has 2 fully saturated rings. The summed E-state index contributed by atoms with van der Waals surface area (Å²) in [5.74, 6) is 0. The lowest BCUT2D eigenvalue weighted by atomic mass is 10.2. The summed E-state index contributed by atoms with van der Waals surface area (Å²) in [6, 6.07) is 8.38. The summed E-state index contributed by atoms with van der Waals surface area (Å²) in [5, 5.41) is 2.95. The molecule has 24 heavy (non-hydrogen) atoms. The Hall–Kier alpha value is -1.79. The Morgan fingerprint density at radius 1 is 1.25 bits per heavy atom. The molecule has 1 unspecified atom stereocenters. The second kappa shape index (κ2) is 8.35. The quantitative estimate of drug-likeness (QED) is 0.893. The van der Waals surface area contributed by atoms with E-state index in [1.165, 1.54) is 5.69 Å². The maximum absolute atomic E-state index is 12.2. The van der Waals surface area contributed by atoms with Crippen molar-refractivity contribution in [3.63, 3.8) is 0 Å². The van der Waals surface area contributed by atoms with Gasteiger partial charge in [0.1, 0.15) is 0 Å². The van der Waals surface area contributed by atoms with Gasteiger partial charge in [0.2, 0.25) is 0 Å². The van der Waals surface area contributed by atoms with Gasteiger partial charge in [-0.05, 0) is 30.5 Å². The number of benzene rings is 1. The molecule has 6 heteroatoms. The fourth-order valence-electron chi connectivity index (χ4n) is 3.12. The van der Waals surface area contributed by atoms with Crippen LogP contribution in [0.5, 0.6) is 0 Å². The van der Waals surface area contributed by atoms with Crippen molar-refractivity contribution in [3.05, 3.63) is 29.8 Å². The van der Waals surface area contributed by atoms with Crippen LogP contribution in [0.1, 0.15) is 18.4 Å². The Morgan fingerprint density at radius 2 is 2.00 bits per heavy atom. The number of anilines is 1. The Morgan fingerprint density at radius 3 is 2.67 bits per heavy atom. The van der Waals surface area contributed by atoms with E-state index in [1.807, 2.05) is 7.05 Å². The number of hydrogen-bond donors (Lipinski definition) is 1.